The number of anilines is 1. The summed E-state index contributed by atoms with van der Waals surface area (Å²) in [6, 6.07) is 5.10. The third-order valence-corrected chi connectivity index (χ3v) is 3.39. The summed E-state index contributed by atoms with van der Waals surface area (Å²) in [5.74, 6) is 0.534. The van der Waals surface area contributed by atoms with Gasteiger partial charge >= 0.3 is 0 Å². The van der Waals surface area contributed by atoms with Gasteiger partial charge in [-0.15, -0.1) is 0 Å². The number of ether oxygens (including phenoxy) is 1. The molecule has 0 bridgehead atoms. The van der Waals surface area contributed by atoms with Gasteiger partial charge in [0.25, 0.3) is 0 Å². The number of halogens is 2. The Balaban J connectivity index is 2.19. The molecule has 0 saturated carbocycles. The van der Waals surface area contributed by atoms with Gasteiger partial charge in [0, 0.05) is 18.8 Å². The van der Waals surface area contributed by atoms with Crippen LogP contribution in [-0.4, -0.2) is 9.78 Å². The summed E-state index contributed by atoms with van der Waals surface area (Å²) in [4.78, 5) is 0. The van der Waals surface area contributed by atoms with Crippen LogP contribution in [0.2, 0.25) is 10.0 Å². The number of rotatable bonds is 3. The Bertz CT molecular complexity index is 581. The zero-order valence-corrected chi connectivity index (χ0v) is 11.6. The zero-order chi connectivity index (χ0) is 13.3. The van der Waals surface area contributed by atoms with E-state index in [1.807, 2.05) is 14.0 Å². The number of aryl methyl sites for hydroxylation is 2. The summed E-state index contributed by atoms with van der Waals surface area (Å²) in [5.41, 5.74) is 7.85. The summed E-state index contributed by atoms with van der Waals surface area (Å²) in [5, 5.41) is 5.33. The number of benzene rings is 1. The second-order valence-electron chi connectivity index (χ2n) is 3.95. The molecule has 96 valence electrons. The van der Waals surface area contributed by atoms with Crippen molar-refractivity contribution in [3.05, 3.63) is 39.6 Å². The summed E-state index contributed by atoms with van der Waals surface area (Å²) in [7, 11) is 1.82. The van der Waals surface area contributed by atoms with Crippen molar-refractivity contribution in [1.29, 1.82) is 0 Å². The lowest BCUT2D eigenvalue weighted by atomic mass is 10.3. The molecular formula is C12H13Cl2N3O. The van der Waals surface area contributed by atoms with Crippen molar-refractivity contribution in [1.82, 2.24) is 9.78 Å². The second-order valence-corrected chi connectivity index (χ2v) is 4.73. The molecule has 0 unspecified atom stereocenters. The first-order chi connectivity index (χ1) is 8.49. The van der Waals surface area contributed by atoms with Crippen LogP contribution in [0.1, 0.15) is 11.4 Å². The van der Waals surface area contributed by atoms with Crippen LogP contribution in [-0.2, 0) is 13.7 Å². The van der Waals surface area contributed by atoms with Crippen molar-refractivity contribution in [2.75, 3.05) is 5.73 Å². The first-order valence-corrected chi connectivity index (χ1v) is 6.10. The maximum absolute atomic E-state index is 6.13. The van der Waals surface area contributed by atoms with E-state index in [1.54, 1.807) is 22.9 Å². The van der Waals surface area contributed by atoms with Gasteiger partial charge in [-0.2, -0.15) is 5.10 Å². The summed E-state index contributed by atoms with van der Waals surface area (Å²) in [6.07, 6.45) is 0. The van der Waals surface area contributed by atoms with E-state index in [1.165, 1.54) is 0 Å². The highest BCUT2D eigenvalue weighted by molar-refractivity contribution is 6.32. The smallest absolute Gasteiger partial charge is 0.140 e. The standard InChI is InChI=1S/C12H13Cl2N3O/c1-7-12(14)10(17(2)16-7)6-18-11-5-8(15)3-4-9(11)13/h3-5H,6,15H2,1-2H3. The van der Waals surface area contributed by atoms with Crippen molar-refractivity contribution >= 4 is 28.9 Å². The van der Waals surface area contributed by atoms with E-state index in [2.05, 4.69) is 5.10 Å². The van der Waals surface area contributed by atoms with Gasteiger partial charge in [0.2, 0.25) is 0 Å². The Morgan fingerprint density at radius 2 is 2.11 bits per heavy atom. The largest absolute Gasteiger partial charge is 0.486 e. The average Bonchev–Trinajstić information content (AvgIpc) is 2.55. The molecule has 1 heterocycles. The molecule has 0 spiro atoms. The molecule has 0 saturated heterocycles. The van der Waals surface area contributed by atoms with Gasteiger partial charge in [0.15, 0.2) is 0 Å². The van der Waals surface area contributed by atoms with Gasteiger partial charge in [-0.3, -0.25) is 4.68 Å². The molecule has 1 aromatic heterocycles. The van der Waals surface area contributed by atoms with Gasteiger partial charge in [-0.25, -0.2) is 0 Å². The fourth-order valence-electron chi connectivity index (χ4n) is 1.61. The summed E-state index contributed by atoms with van der Waals surface area (Å²) < 4.78 is 7.31. The first-order valence-electron chi connectivity index (χ1n) is 5.35. The highest BCUT2D eigenvalue weighted by atomic mass is 35.5. The van der Waals surface area contributed by atoms with Crippen molar-refractivity contribution in [3.63, 3.8) is 0 Å². The Morgan fingerprint density at radius 1 is 1.39 bits per heavy atom. The molecule has 0 atom stereocenters. The van der Waals surface area contributed by atoms with Gasteiger partial charge in [-0.05, 0) is 19.1 Å². The molecule has 1 aromatic carbocycles. The lowest BCUT2D eigenvalue weighted by molar-refractivity contribution is 0.295. The molecule has 4 nitrogen and oxygen atoms in total. The predicted molar refractivity (Wildman–Crippen MR) is 73.2 cm³/mol. The van der Waals surface area contributed by atoms with E-state index in [0.717, 1.165) is 11.4 Å². The Labute approximate surface area is 115 Å². The van der Waals surface area contributed by atoms with Gasteiger partial charge in [0.1, 0.15) is 12.4 Å². The lowest BCUT2D eigenvalue weighted by Gasteiger charge is -2.09. The maximum Gasteiger partial charge on any atom is 0.140 e. The molecule has 0 amide bonds. The molecule has 0 aliphatic heterocycles. The van der Waals surface area contributed by atoms with Crippen molar-refractivity contribution in [2.24, 2.45) is 7.05 Å². The zero-order valence-electron chi connectivity index (χ0n) is 10.1. The number of nitrogen functional groups attached to an aromatic ring is 1. The van der Waals surface area contributed by atoms with E-state index in [-0.39, 0.29) is 0 Å². The second kappa shape index (κ2) is 5.08. The molecule has 0 aliphatic carbocycles. The fraction of sp³-hybridized carbons (Fsp3) is 0.250. The molecule has 2 N–H and O–H groups in total. The monoisotopic (exact) mass is 285 g/mol. The molecule has 0 aliphatic rings. The number of aromatic nitrogens is 2. The molecular weight excluding hydrogens is 273 g/mol. The maximum atomic E-state index is 6.13. The number of nitrogens with zero attached hydrogens (tertiary/aromatic N) is 2. The minimum absolute atomic E-state index is 0.291. The van der Waals surface area contributed by atoms with Crippen molar-refractivity contribution < 1.29 is 4.74 Å². The quantitative estimate of drug-likeness (QED) is 0.881. The van der Waals surface area contributed by atoms with Crippen LogP contribution in [0.5, 0.6) is 5.75 Å². The van der Waals surface area contributed by atoms with Crippen LogP contribution in [0.15, 0.2) is 18.2 Å². The Hall–Kier alpha value is -1.39. The van der Waals surface area contributed by atoms with Crippen LogP contribution < -0.4 is 10.5 Å². The van der Waals surface area contributed by atoms with Gasteiger partial charge < -0.3 is 10.5 Å². The van der Waals surface area contributed by atoms with Crippen LogP contribution in [0.4, 0.5) is 5.69 Å². The van der Waals surface area contributed by atoms with E-state index < -0.39 is 0 Å². The topological polar surface area (TPSA) is 53.1 Å². The Morgan fingerprint density at radius 3 is 2.72 bits per heavy atom. The SMILES string of the molecule is Cc1nn(C)c(COc2cc(N)ccc2Cl)c1Cl. The third kappa shape index (κ3) is 2.54. The highest BCUT2D eigenvalue weighted by Crippen LogP contribution is 2.28. The molecule has 2 aromatic rings. The van der Waals surface area contributed by atoms with Crippen molar-refractivity contribution in [2.45, 2.75) is 13.5 Å². The minimum Gasteiger partial charge on any atom is -0.486 e. The van der Waals surface area contributed by atoms with Crippen LogP contribution in [0.3, 0.4) is 0 Å². The van der Waals surface area contributed by atoms with Crippen molar-refractivity contribution in [3.8, 4) is 5.75 Å². The minimum atomic E-state index is 0.291. The summed E-state index contributed by atoms with van der Waals surface area (Å²) >= 11 is 12.1. The number of nitrogens with two attached hydrogens (primary N) is 1. The molecule has 6 heteroatoms. The molecule has 18 heavy (non-hydrogen) atoms. The summed E-state index contributed by atoms with van der Waals surface area (Å²) in [6.45, 7) is 2.14. The normalized spacial score (nSPS) is 10.7. The molecule has 0 radical (unpaired) electrons. The van der Waals surface area contributed by atoms with Crippen LogP contribution in [0, 0.1) is 6.92 Å². The van der Waals surface area contributed by atoms with Crippen LogP contribution in [0.25, 0.3) is 0 Å². The number of hydrogen-bond donors (Lipinski definition) is 1. The van der Waals surface area contributed by atoms with Crippen LogP contribution >= 0.6 is 23.2 Å². The average molecular weight is 286 g/mol. The number of hydrogen-bond acceptors (Lipinski definition) is 3. The molecule has 2 rings (SSSR count). The lowest BCUT2D eigenvalue weighted by Crippen LogP contribution is -2.04. The first kappa shape index (κ1) is 13.1. The highest BCUT2D eigenvalue weighted by Gasteiger charge is 2.12. The van der Waals surface area contributed by atoms with E-state index in [0.29, 0.717) is 28.1 Å². The van der Waals surface area contributed by atoms with E-state index in [4.69, 9.17) is 33.7 Å². The third-order valence-electron chi connectivity index (χ3n) is 2.58. The Kier molecular flexibility index (Phi) is 3.68. The predicted octanol–water partition coefficient (Wildman–Crippen LogP) is 3.20. The molecule has 0 fully saturated rings. The fourth-order valence-corrected chi connectivity index (χ4v) is 2.00. The van der Waals surface area contributed by atoms with E-state index in [9.17, 15) is 0 Å². The van der Waals surface area contributed by atoms with Gasteiger partial charge in [-0.1, -0.05) is 23.2 Å². The van der Waals surface area contributed by atoms with E-state index >= 15 is 0 Å². The van der Waals surface area contributed by atoms with Gasteiger partial charge in [0.05, 0.1) is 21.4 Å².